The van der Waals surface area contributed by atoms with Gasteiger partial charge in [0.1, 0.15) is 5.78 Å². The summed E-state index contributed by atoms with van der Waals surface area (Å²) in [5.41, 5.74) is 2.55. The third-order valence-corrected chi connectivity index (χ3v) is 6.49. The molecule has 5 unspecified atom stereocenters. The van der Waals surface area contributed by atoms with Gasteiger partial charge in [-0.05, 0) is 48.2 Å². The number of Topliss-reactive ketones (excluding diaryl/α,β-unsaturated/α-hetero) is 1. The highest BCUT2D eigenvalue weighted by Crippen LogP contribution is 2.60. The van der Waals surface area contributed by atoms with Gasteiger partial charge in [-0.25, -0.2) is 0 Å². The Morgan fingerprint density at radius 2 is 1.72 bits per heavy atom. The predicted octanol–water partition coefficient (Wildman–Crippen LogP) is 5.23. The fraction of sp³-hybridized carbons (Fsp3) is 0.375. The third kappa shape index (κ3) is 2.40. The molecule has 1 nitrogen and oxygen atoms in total. The monoisotopic (exact) mass is 330 g/mol. The summed E-state index contributed by atoms with van der Waals surface area (Å²) >= 11 is 0. The average molecular weight is 330 g/mol. The van der Waals surface area contributed by atoms with Gasteiger partial charge in [0.25, 0.3) is 0 Å². The van der Waals surface area contributed by atoms with E-state index in [0.717, 1.165) is 6.42 Å². The van der Waals surface area contributed by atoms with Gasteiger partial charge in [-0.3, -0.25) is 4.79 Å². The van der Waals surface area contributed by atoms with Crippen molar-refractivity contribution in [3.05, 3.63) is 85.1 Å². The normalized spacial score (nSPS) is 39.0. The first-order chi connectivity index (χ1) is 12.2. The van der Waals surface area contributed by atoms with Crippen molar-refractivity contribution in [1.82, 2.24) is 0 Å². The summed E-state index contributed by atoms with van der Waals surface area (Å²) in [7, 11) is 0. The van der Waals surface area contributed by atoms with Crippen molar-refractivity contribution in [2.45, 2.75) is 13.3 Å². The molecule has 25 heavy (non-hydrogen) atoms. The third-order valence-electron chi connectivity index (χ3n) is 6.49. The minimum Gasteiger partial charge on any atom is -0.299 e. The summed E-state index contributed by atoms with van der Waals surface area (Å²) in [6, 6.07) is 0. The lowest BCUT2D eigenvalue weighted by atomic mass is 9.64. The predicted molar refractivity (Wildman–Crippen MR) is 104 cm³/mol. The van der Waals surface area contributed by atoms with Crippen LogP contribution in [0.2, 0.25) is 0 Å². The van der Waals surface area contributed by atoms with E-state index in [1.165, 1.54) is 11.1 Å². The molecule has 4 aliphatic carbocycles. The quantitative estimate of drug-likeness (QED) is 0.631. The fourth-order valence-electron chi connectivity index (χ4n) is 5.48. The SMILES string of the molecule is C=CCC(C=C)C1=CC2C(C=C1)[C@H]1C(=O)[C@@H]2C2C=CC(/C=C/C)=CC21. The van der Waals surface area contributed by atoms with Crippen molar-refractivity contribution in [3.8, 4) is 0 Å². The second-order valence-electron chi connectivity index (χ2n) is 7.68. The van der Waals surface area contributed by atoms with Gasteiger partial charge in [-0.2, -0.15) is 0 Å². The Labute approximate surface area is 150 Å². The zero-order chi connectivity index (χ0) is 17.6. The zero-order valence-electron chi connectivity index (χ0n) is 14.8. The van der Waals surface area contributed by atoms with Crippen LogP contribution in [0.4, 0.5) is 0 Å². The summed E-state index contributed by atoms with van der Waals surface area (Å²) in [6.45, 7) is 9.88. The van der Waals surface area contributed by atoms with E-state index in [1.54, 1.807) is 0 Å². The lowest BCUT2D eigenvalue weighted by Crippen LogP contribution is -2.34. The standard InChI is InChI=1S/C24H26O/c1-4-7-15-9-11-18-20(13-15)22-19-12-10-17(16(6-3)8-5-2)14-21(19)23(18)24(22)25/h4-7,9-14,16,18-23H,2-3,8H2,1H3/b7-4+/t16?,18?,19?,20?,21?,22-,23-/m1/s1. The van der Waals surface area contributed by atoms with Gasteiger partial charge in [0, 0.05) is 17.8 Å². The topological polar surface area (TPSA) is 17.1 Å². The van der Waals surface area contributed by atoms with Crippen LogP contribution < -0.4 is 0 Å². The second kappa shape index (κ2) is 6.29. The molecule has 7 atom stereocenters. The Balaban J connectivity index is 1.66. The Bertz CT molecular complexity index is 757. The lowest BCUT2D eigenvalue weighted by Gasteiger charge is -2.38. The van der Waals surface area contributed by atoms with Crippen LogP contribution in [-0.4, -0.2) is 5.78 Å². The molecule has 2 fully saturated rings. The molecule has 0 radical (unpaired) electrons. The van der Waals surface area contributed by atoms with Crippen molar-refractivity contribution in [1.29, 1.82) is 0 Å². The summed E-state index contributed by atoms with van der Waals surface area (Å²) < 4.78 is 0. The molecule has 0 N–H and O–H groups in total. The molecular formula is C24H26O. The van der Waals surface area contributed by atoms with Crippen LogP contribution in [0.15, 0.2) is 85.1 Å². The highest BCUT2D eigenvalue weighted by Gasteiger charge is 2.61. The van der Waals surface area contributed by atoms with Gasteiger partial charge in [0.2, 0.25) is 0 Å². The molecule has 128 valence electrons. The molecule has 0 aromatic carbocycles. The molecule has 4 aliphatic rings. The van der Waals surface area contributed by atoms with E-state index >= 15 is 0 Å². The van der Waals surface area contributed by atoms with Gasteiger partial charge in [-0.15, -0.1) is 13.2 Å². The molecule has 0 spiro atoms. The van der Waals surface area contributed by atoms with Crippen LogP contribution in [0.1, 0.15) is 13.3 Å². The first-order valence-corrected chi connectivity index (χ1v) is 9.39. The molecule has 4 rings (SSSR count). The first kappa shape index (κ1) is 16.3. The highest BCUT2D eigenvalue weighted by molar-refractivity contribution is 5.91. The number of carbonyl (C=O) groups is 1. The first-order valence-electron chi connectivity index (χ1n) is 9.39. The number of ketones is 1. The Morgan fingerprint density at radius 3 is 2.36 bits per heavy atom. The van der Waals surface area contributed by atoms with Crippen LogP contribution in [0.3, 0.4) is 0 Å². The van der Waals surface area contributed by atoms with E-state index in [2.05, 4.69) is 61.8 Å². The number of fused-ring (bicyclic) bond motifs is 8. The maximum Gasteiger partial charge on any atom is 0.141 e. The van der Waals surface area contributed by atoms with Gasteiger partial charge in [0.05, 0.1) is 0 Å². The molecule has 0 heterocycles. The van der Waals surface area contributed by atoms with Crippen molar-refractivity contribution in [2.24, 2.45) is 41.4 Å². The molecule has 0 aromatic heterocycles. The highest BCUT2D eigenvalue weighted by atomic mass is 16.1. The summed E-state index contributed by atoms with van der Waals surface area (Å²) in [6.07, 6.45) is 22.8. The van der Waals surface area contributed by atoms with Gasteiger partial charge in [-0.1, -0.05) is 60.8 Å². The summed E-state index contributed by atoms with van der Waals surface area (Å²) in [5.74, 6) is 2.56. The van der Waals surface area contributed by atoms with Crippen LogP contribution >= 0.6 is 0 Å². The molecule has 2 bridgehead atoms. The van der Waals surface area contributed by atoms with E-state index in [4.69, 9.17) is 0 Å². The minimum atomic E-state index is 0.147. The van der Waals surface area contributed by atoms with E-state index in [0.29, 0.717) is 35.4 Å². The molecule has 0 saturated heterocycles. The van der Waals surface area contributed by atoms with Crippen LogP contribution in [-0.2, 0) is 4.79 Å². The van der Waals surface area contributed by atoms with Crippen LogP contribution in [0.5, 0.6) is 0 Å². The maximum absolute atomic E-state index is 13.1. The van der Waals surface area contributed by atoms with Crippen molar-refractivity contribution >= 4 is 5.78 Å². The number of carbonyl (C=O) groups excluding carboxylic acids is 1. The van der Waals surface area contributed by atoms with Crippen LogP contribution in [0, 0.1) is 41.4 Å². The van der Waals surface area contributed by atoms with E-state index in [9.17, 15) is 4.79 Å². The second-order valence-corrected chi connectivity index (χ2v) is 7.68. The Kier molecular flexibility index (Phi) is 4.11. The van der Waals surface area contributed by atoms with Crippen molar-refractivity contribution in [2.75, 3.05) is 0 Å². The fourth-order valence-corrected chi connectivity index (χ4v) is 5.48. The Morgan fingerprint density at radius 1 is 1.04 bits per heavy atom. The molecule has 0 amide bonds. The van der Waals surface area contributed by atoms with Crippen molar-refractivity contribution < 1.29 is 4.79 Å². The number of hydrogen-bond acceptors (Lipinski definition) is 1. The number of hydrogen-bond donors (Lipinski definition) is 0. The van der Waals surface area contributed by atoms with E-state index in [1.807, 2.05) is 19.1 Å². The van der Waals surface area contributed by atoms with E-state index < -0.39 is 0 Å². The Hall–Kier alpha value is -2.15. The number of rotatable bonds is 5. The molecule has 2 saturated carbocycles. The van der Waals surface area contributed by atoms with Gasteiger partial charge < -0.3 is 0 Å². The average Bonchev–Trinajstić information content (AvgIpc) is 3.07. The van der Waals surface area contributed by atoms with E-state index in [-0.39, 0.29) is 11.8 Å². The minimum absolute atomic E-state index is 0.147. The molecular weight excluding hydrogens is 304 g/mol. The maximum atomic E-state index is 13.1. The molecule has 0 aromatic rings. The summed E-state index contributed by atoms with van der Waals surface area (Å²) in [5, 5.41) is 0. The lowest BCUT2D eigenvalue weighted by molar-refractivity contribution is -0.122. The molecule has 1 heteroatoms. The van der Waals surface area contributed by atoms with Gasteiger partial charge in [0.15, 0.2) is 0 Å². The van der Waals surface area contributed by atoms with Gasteiger partial charge >= 0.3 is 0 Å². The number of allylic oxidation sites excluding steroid dienone is 12. The van der Waals surface area contributed by atoms with Crippen LogP contribution in [0.25, 0.3) is 0 Å². The zero-order valence-corrected chi connectivity index (χ0v) is 14.8. The summed E-state index contributed by atoms with van der Waals surface area (Å²) in [4.78, 5) is 13.1. The molecule has 0 aliphatic heterocycles. The smallest absolute Gasteiger partial charge is 0.141 e. The van der Waals surface area contributed by atoms with Crippen molar-refractivity contribution in [3.63, 3.8) is 0 Å². The largest absolute Gasteiger partial charge is 0.299 e.